The molecule has 0 aliphatic carbocycles. The number of piperazine rings is 1. The zero-order chi connectivity index (χ0) is 18.7. The van der Waals surface area contributed by atoms with E-state index in [1.165, 1.54) is 0 Å². The van der Waals surface area contributed by atoms with Crippen molar-refractivity contribution < 1.29 is 4.79 Å². The molecule has 1 aliphatic heterocycles. The molecular weight excluding hydrogens is 326 g/mol. The van der Waals surface area contributed by atoms with E-state index in [-0.39, 0.29) is 5.91 Å². The lowest BCUT2D eigenvalue weighted by Gasteiger charge is -2.34. The Bertz CT molecular complexity index is 759. The third kappa shape index (κ3) is 4.07. The molecule has 1 N–H and O–H groups in total. The van der Waals surface area contributed by atoms with Crippen molar-refractivity contribution in [1.82, 2.24) is 19.4 Å². The van der Waals surface area contributed by atoms with Crippen molar-refractivity contribution >= 4 is 22.6 Å². The van der Waals surface area contributed by atoms with E-state index in [0.717, 1.165) is 61.8 Å². The van der Waals surface area contributed by atoms with Crippen molar-refractivity contribution in [2.75, 3.05) is 38.0 Å². The highest BCUT2D eigenvalue weighted by molar-refractivity contribution is 5.93. The van der Waals surface area contributed by atoms with E-state index in [9.17, 15) is 4.79 Å². The summed E-state index contributed by atoms with van der Waals surface area (Å²) < 4.78 is 2.33. The van der Waals surface area contributed by atoms with Crippen LogP contribution in [0.25, 0.3) is 11.0 Å². The summed E-state index contributed by atoms with van der Waals surface area (Å²) in [6.07, 6.45) is 0.480. The molecule has 1 fully saturated rings. The number of benzene rings is 1. The molecule has 2 aromatic rings. The van der Waals surface area contributed by atoms with Crippen LogP contribution in [0.5, 0.6) is 0 Å². The van der Waals surface area contributed by atoms with Gasteiger partial charge in [0.05, 0.1) is 17.6 Å². The van der Waals surface area contributed by atoms with Crippen LogP contribution in [0.3, 0.4) is 0 Å². The van der Waals surface area contributed by atoms with Gasteiger partial charge >= 0.3 is 0 Å². The monoisotopic (exact) mass is 357 g/mol. The van der Waals surface area contributed by atoms with Crippen LogP contribution in [-0.2, 0) is 11.3 Å². The highest BCUT2D eigenvalue weighted by atomic mass is 16.1. The van der Waals surface area contributed by atoms with Crippen LogP contribution in [0.4, 0.5) is 5.69 Å². The second-order valence-corrected chi connectivity index (χ2v) is 7.31. The first-order valence-corrected chi connectivity index (χ1v) is 9.77. The van der Waals surface area contributed by atoms with Crippen molar-refractivity contribution in [1.29, 1.82) is 0 Å². The standard InChI is InChI=1S/C20H31N5O/c1-5-20(26)21-16-7-8-18-17(13-16)22-19(25(18)15(3)4)14-24-11-9-23(6-2)10-12-24/h7-8,13,15H,5-6,9-12,14H2,1-4H3,(H,21,26). The van der Waals surface area contributed by atoms with E-state index in [4.69, 9.17) is 4.98 Å². The molecule has 0 radical (unpaired) electrons. The van der Waals surface area contributed by atoms with Gasteiger partial charge in [0.15, 0.2) is 0 Å². The summed E-state index contributed by atoms with van der Waals surface area (Å²) >= 11 is 0. The number of anilines is 1. The molecule has 0 bridgehead atoms. The number of carbonyl (C=O) groups excluding carboxylic acids is 1. The minimum absolute atomic E-state index is 0.0293. The lowest BCUT2D eigenvalue weighted by molar-refractivity contribution is -0.115. The van der Waals surface area contributed by atoms with E-state index in [1.54, 1.807) is 0 Å². The molecule has 0 unspecified atom stereocenters. The second-order valence-electron chi connectivity index (χ2n) is 7.31. The molecule has 0 spiro atoms. The molecule has 1 aliphatic rings. The minimum atomic E-state index is 0.0293. The van der Waals surface area contributed by atoms with Crippen molar-refractivity contribution in [3.63, 3.8) is 0 Å². The van der Waals surface area contributed by atoms with Gasteiger partial charge in [-0.2, -0.15) is 0 Å². The molecule has 1 aromatic carbocycles. The number of imidazole rings is 1. The van der Waals surface area contributed by atoms with Gasteiger partial charge in [-0.3, -0.25) is 9.69 Å². The Morgan fingerprint density at radius 1 is 1.15 bits per heavy atom. The summed E-state index contributed by atoms with van der Waals surface area (Å²) in [7, 11) is 0. The molecule has 1 saturated heterocycles. The normalized spacial score (nSPS) is 16.5. The average molecular weight is 358 g/mol. The van der Waals surface area contributed by atoms with Crippen LogP contribution in [-0.4, -0.2) is 58.0 Å². The number of amides is 1. The van der Waals surface area contributed by atoms with Crippen LogP contribution in [0.2, 0.25) is 0 Å². The average Bonchev–Trinajstić information content (AvgIpc) is 2.99. The van der Waals surface area contributed by atoms with Gasteiger partial charge in [0.1, 0.15) is 5.82 Å². The number of rotatable bonds is 6. The van der Waals surface area contributed by atoms with Gasteiger partial charge in [-0.1, -0.05) is 13.8 Å². The fraction of sp³-hybridized carbons (Fsp3) is 0.600. The van der Waals surface area contributed by atoms with Gasteiger partial charge in [0, 0.05) is 44.3 Å². The van der Waals surface area contributed by atoms with Gasteiger partial charge in [-0.05, 0) is 38.6 Å². The minimum Gasteiger partial charge on any atom is -0.326 e. The Hall–Kier alpha value is -1.92. The quantitative estimate of drug-likeness (QED) is 0.863. The first-order valence-electron chi connectivity index (χ1n) is 9.77. The summed E-state index contributed by atoms with van der Waals surface area (Å²) in [4.78, 5) is 21.6. The summed E-state index contributed by atoms with van der Waals surface area (Å²) in [6.45, 7) is 14.9. The first-order chi connectivity index (χ1) is 12.5. The topological polar surface area (TPSA) is 53.4 Å². The Kier molecular flexibility index (Phi) is 5.94. The van der Waals surface area contributed by atoms with Crippen LogP contribution >= 0.6 is 0 Å². The fourth-order valence-electron chi connectivity index (χ4n) is 3.63. The molecule has 142 valence electrons. The molecular formula is C20H31N5O. The van der Waals surface area contributed by atoms with E-state index in [1.807, 2.05) is 19.1 Å². The van der Waals surface area contributed by atoms with Crippen LogP contribution in [0, 0.1) is 0 Å². The van der Waals surface area contributed by atoms with Crippen LogP contribution in [0.1, 0.15) is 46.0 Å². The van der Waals surface area contributed by atoms with Crippen LogP contribution in [0.15, 0.2) is 18.2 Å². The smallest absolute Gasteiger partial charge is 0.224 e. The Morgan fingerprint density at radius 2 is 1.85 bits per heavy atom. The largest absolute Gasteiger partial charge is 0.326 e. The maximum absolute atomic E-state index is 11.7. The number of fused-ring (bicyclic) bond motifs is 1. The Balaban J connectivity index is 1.84. The number of aromatic nitrogens is 2. The lowest BCUT2D eigenvalue weighted by Crippen LogP contribution is -2.45. The van der Waals surface area contributed by atoms with Gasteiger partial charge in [-0.25, -0.2) is 4.98 Å². The number of nitrogens with one attached hydrogen (secondary N) is 1. The first kappa shape index (κ1) is 18.9. The molecule has 3 rings (SSSR count). The molecule has 2 heterocycles. The highest BCUT2D eigenvalue weighted by Gasteiger charge is 2.20. The summed E-state index contributed by atoms with van der Waals surface area (Å²) in [5, 5.41) is 2.93. The Labute approximate surface area is 156 Å². The number of hydrogen-bond donors (Lipinski definition) is 1. The third-order valence-electron chi connectivity index (χ3n) is 5.16. The fourth-order valence-corrected chi connectivity index (χ4v) is 3.63. The predicted molar refractivity (Wildman–Crippen MR) is 106 cm³/mol. The zero-order valence-electron chi connectivity index (χ0n) is 16.5. The molecule has 0 atom stereocenters. The van der Waals surface area contributed by atoms with E-state index >= 15 is 0 Å². The van der Waals surface area contributed by atoms with Gasteiger partial charge in [0.25, 0.3) is 0 Å². The molecule has 26 heavy (non-hydrogen) atoms. The van der Waals surface area contributed by atoms with E-state index in [2.05, 4.69) is 46.5 Å². The van der Waals surface area contributed by atoms with Crippen LogP contribution < -0.4 is 5.32 Å². The molecule has 6 nitrogen and oxygen atoms in total. The van der Waals surface area contributed by atoms with Crippen molar-refractivity contribution in [3.8, 4) is 0 Å². The maximum Gasteiger partial charge on any atom is 0.224 e. The predicted octanol–water partition coefficient (Wildman–Crippen LogP) is 3.10. The SMILES string of the molecule is CCC(=O)Nc1ccc2c(c1)nc(CN1CCN(CC)CC1)n2C(C)C. The number of likely N-dealkylation sites (N-methyl/N-ethyl adjacent to an activating group) is 1. The van der Waals surface area contributed by atoms with Gasteiger partial charge in [-0.15, -0.1) is 0 Å². The number of carbonyl (C=O) groups is 1. The lowest BCUT2D eigenvalue weighted by atomic mass is 10.2. The summed E-state index contributed by atoms with van der Waals surface area (Å²) in [5.41, 5.74) is 2.91. The van der Waals surface area contributed by atoms with Crippen molar-refractivity contribution in [2.24, 2.45) is 0 Å². The van der Waals surface area contributed by atoms with Crippen molar-refractivity contribution in [2.45, 2.75) is 46.7 Å². The van der Waals surface area contributed by atoms with E-state index in [0.29, 0.717) is 12.5 Å². The van der Waals surface area contributed by atoms with Gasteiger partial charge in [0.2, 0.25) is 5.91 Å². The van der Waals surface area contributed by atoms with Gasteiger partial charge < -0.3 is 14.8 Å². The zero-order valence-corrected chi connectivity index (χ0v) is 16.5. The highest BCUT2D eigenvalue weighted by Crippen LogP contribution is 2.25. The molecule has 6 heteroatoms. The number of hydrogen-bond acceptors (Lipinski definition) is 4. The summed E-state index contributed by atoms with van der Waals surface area (Å²) in [6, 6.07) is 6.38. The molecule has 1 aromatic heterocycles. The van der Waals surface area contributed by atoms with E-state index < -0.39 is 0 Å². The van der Waals surface area contributed by atoms with Crippen molar-refractivity contribution in [3.05, 3.63) is 24.0 Å². The second kappa shape index (κ2) is 8.18. The maximum atomic E-state index is 11.7. The third-order valence-corrected chi connectivity index (χ3v) is 5.16. The Morgan fingerprint density at radius 3 is 2.46 bits per heavy atom. The molecule has 0 saturated carbocycles. The molecule has 1 amide bonds. The summed E-state index contributed by atoms with van der Waals surface area (Å²) in [5.74, 6) is 1.14. The number of nitrogens with zero attached hydrogens (tertiary/aromatic N) is 4.